The first kappa shape index (κ1) is 20.0. The van der Waals surface area contributed by atoms with Crippen molar-refractivity contribution < 1.29 is 13.0 Å². The van der Waals surface area contributed by atoms with Gasteiger partial charge in [0.25, 0.3) is 0 Å². The molecule has 0 radical (unpaired) electrons. The molecule has 0 fully saturated rings. The third kappa shape index (κ3) is 6.84. The van der Waals surface area contributed by atoms with Crippen molar-refractivity contribution in [1.29, 1.82) is 0 Å². The van der Waals surface area contributed by atoms with E-state index in [1.807, 2.05) is 0 Å². The van der Waals surface area contributed by atoms with Crippen molar-refractivity contribution in [3.05, 3.63) is 91.0 Å². The number of benzene rings is 3. The molecule has 0 heterocycles. The van der Waals surface area contributed by atoms with Crippen LogP contribution >= 0.6 is 29.4 Å². The predicted molar refractivity (Wildman–Crippen MR) is 113 cm³/mol. The van der Waals surface area contributed by atoms with Crippen LogP contribution in [0.3, 0.4) is 0 Å². The Morgan fingerprint density at radius 1 is 0.680 bits per heavy atom. The molecule has 3 nitrogen and oxygen atoms in total. The lowest BCUT2D eigenvalue weighted by Gasteiger charge is -2.18. The lowest BCUT2D eigenvalue weighted by atomic mass is 10.4. The molecule has 0 atom stereocenters. The Kier molecular flexibility index (Phi) is 8.00. The van der Waals surface area contributed by atoms with Gasteiger partial charge in [-0.2, -0.15) is 8.42 Å². The molecule has 7 heteroatoms. The summed E-state index contributed by atoms with van der Waals surface area (Å²) in [4.78, 5) is 0. The fourth-order valence-corrected chi connectivity index (χ4v) is 4.48. The van der Waals surface area contributed by atoms with Crippen LogP contribution in [0.25, 0.3) is 0 Å². The van der Waals surface area contributed by atoms with Crippen molar-refractivity contribution in [2.75, 3.05) is 0 Å². The second kappa shape index (κ2) is 10.00. The fourth-order valence-electron chi connectivity index (χ4n) is 2.18. The number of hydrogen-bond donors (Lipinski definition) is 2. The molecule has 3 aromatic rings. The summed E-state index contributed by atoms with van der Waals surface area (Å²) < 4.78 is 26.6. The minimum atomic E-state index is -3.88. The third-order valence-electron chi connectivity index (χ3n) is 3.14. The molecule has 0 aromatic heterocycles. The van der Waals surface area contributed by atoms with Gasteiger partial charge in [-0.3, -0.25) is 4.55 Å². The summed E-state index contributed by atoms with van der Waals surface area (Å²) in [5.74, 6) is 0. The molecule has 0 bridgehead atoms. The van der Waals surface area contributed by atoms with E-state index in [1.54, 1.807) is 0 Å². The van der Waals surface area contributed by atoms with Crippen LogP contribution in [0, 0.1) is 0 Å². The van der Waals surface area contributed by atoms with Gasteiger partial charge in [-0.05, 0) is 23.8 Å². The van der Waals surface area contributed by atoms with Gasteiger partial charge in [0.05, 0.1) is 9.83 Å². The van der Waals surface area contributed by atoms with Crippen LogP contribution in [-0.2, 0) is 9.15 Å². The molecule has 25 heavy (non-hydrogen) atoms. The Morgan fingerprint density at radius 3 is 1.12 bits per heavy atom. The minimum absolute atomic E-state index is 0.104. The Bertz CT molecular complexity index is 764. The Balaban J connectivity index is 0.000000326. The first-order valence-electron chi connectivity index (χ1n) is 7.27. The molecule has 0 saturated carbocycles. The molecule has 3 rings (SSSR count). The largest absolute Gasteiger partial charge is 0.329 e. The summed E-state index contributed by atoms with van der Waals surface area (Å²) in [6.07, 6.45) is 0. The van der Waals surface area contributed by atoms with E-state index < -0.39 is 17.1 Å². The lowest BCUT2D eigenvalue weighted by molar-refractivity contribution is 0.503. The average molecular weight is 409 g/mol. The van der Waals surface area contributed by atoms with E-state index >= 15 is 0 Å². The van der Waals surface area contributed by atoms with Crippen molar-refractivity contribution in [2.24, 2.45) is 0 Å². The number of hydrogen-bond acceptors (Lipinski definition) is 4. The van der Waals surface area contributed by atoms with Gasteiger partial charge in [0.15, 0.2) is 0 Å². The summed E-state index contributed by atoms with van der Waals surface area (Å²) in [5.41, 5.74) is 0. The summed E-state index contributed by atoms with van der Waals surface area (Å²) in [6, 6.07) is 32.3. The maximum Gasteiger partial charge on any atom is 0.329 e. The van der Waals surface area contributed by atoms with Crippen LogP contribution in [0.1, 0.15) is 0 Å². The molecular formula is C18H17O3PS3. The van der Waals surface area contributed by atoms with Crippen molar-refractivity contribution in [3.63, 3.8) is 0 Å². The van der Waals surface area contributed by atoms with Crippen LogP contribution in [0.4, 0.5) is 0 Å². The smallest absolute Gasteiger partial charge is 0.277 e. The summed E-state index contributed by atoms with van der Waals surface area (Å²) >= 11 is 3.18. The summed E-state index contributed by atoms with van der Waals surface area (Å²) in [7, 11) is -4.22. The van der Waals surface area contributed by atoms with E-state index in [2.05, 4.69) is 103 Å². The Labute approximate surface area is 158 Å². The summed E-state index contributed by atoms with van der Waals surface area (Å²) in [6.45, 7) is 0. The van der Waals surface area contributed by atoms with E-state index in [0.717, 1.165) is 0 Å². The van der Waals surface area contributed by atoms with Crippen LogP contribution in [0.2, 0.25) is 0 Å². The molecule has 0 unspecified atom stereocenters. The zero-order valence-corrected chi connectivity index (χ0v) is 16.6. The quantitative estimate of drug-likeness (QED) is 0.298. The first-order valence-corrected chi connectivity index (χ1v) is 12.4. The molecule has 0 aliphatic carbocycles. The van der Waals surface area contributed by atoms with Crippen molar-refractivity contribution in [1.82, 2.24) is 0 Å². The lowest BCUT2D eigenvalue weighted by Crippen LogP contribution is -2.20. The molecule has 0 aliphatic heterocycles. The van der Waals surface area contributed by atoms with Crippen LogP contribution in [-0.4, -0.2) is 13.0 Å². The van der Waals surface area contributed by atoms with Crippen molar-refractivity contribution in [2.45, 2.75) is 0 Å². The van der Waals surface area contributed by atoms with Crippen molar-refractivity contribution >= 4 is 54.5 Å². The van der Waals surface area contributed by atoms with Gasteiger partial charge >= 0.3 is 9.15 Å². The van der Waals surface area contributed by atoms with Crippen LogP contribution in [0.15, 0.2) is 91.0 Å². The van der Waals surface area contributed by atoms with E-state index in [1.165, 1.54) is 15.9 Å². The van der Waals surface area contributed by atoms with Gasteiger partial charge < -0.3 is 0 Å². The second-order valence-electron chi connectivity index (χ2n) is 4.84. The summed E-state index contributed by atoms with van der Waals surface area (Å²) in [5, 5.41) is 4.19. The van der Waals surface area contributed by atoms with Crippen LogP contribution in [0.5, 0.6) is 0 Å². The predicted octanol–water partition coefficient (Wildman–Crippen LogP) is 3.81. The monoisotopic (exact) mass is 408 g/mol. The SMILES string of the molecule is O=S(=O)(O)SS.c1ccc(P(c2ccccc2)c2ccccc2)cc1. The third-order valence-corrected chi connectivity index (χ3v) is 8.03. The molecule has 0 aliphatic rings. The molecule has 3 aromatic carbocycles. The molecular weight excluding hydrogens is 391 g/mol. The highest BCUT2D eigenvalue weighted by Crippen LogP contribution is 2.32. The number of thiol groups is 1. The van der Waals surface area contributed by atoms with Crippen molar-refractivity contribution in [3.8, 4) is 0 Å². The average Bonchev–Trinajstić information content (AvgIpc) is 2.65. The zero-order valence-electron chi connectivity index (χ0n) is 13.1. The maximum absolute atomic E-state index is 9.44. The van der Waals surface area contributed by atoms with Gasteiger partial charge in [0.1, 0.15) is 0 Å². The van der Waals surface area contributed by atoms with E-state index in [9.17, 15) is 8.42 Å². The fraction of sp³-hybridized carbons (Fsp3) is 0. The Morgan fingerprint density at radius 2 is 0.920 bits per heavy atom. The highest BCUT2D eigenvalue weighted by atomic mass is 33.5. The zero-order chi connectivity index (χ0) is 18.1. The highest BCUT2D eigenvalue weighted by molar-refractivity contribution is 9.01. The minimum Gasteiger partial charge on any atom is -0.277 e. The van der Waals surface area contributed by atoms with E-state index in [0.29, 0.717) is 0 Å². The van der Waals surface area contributed by atoms with Gasteiger partial charge in [-0.15, -0.1) is 0 Å². The highest BCUT2D eigenvalue weighted by Gasteiger charge is 2.14. The molecule has 0 amide bonds. The van der Waals surface area contributed by atoms with E-state index in [-0.39, 0.29) is 9.83 Å². The standard InChI is InChI=1S/C18H15P.H2O3S3/c1-4-10-16(11-5-1)19(17-12-6-2-7-13-17)18-14-8-3-9-15-18;1-6(2,3)5-4/h1-15H;4H,(H,1,2,3). The molecule has 130 valence electrons. The van der Waals surface area contributed by atoms with Gasteiger partial charge in [0, 0.05) is 0 Å². The maximum atomic E-state index is 9.44. The van der Waals surface area contributed by atoms with Gasteiger partial charge in [-0.1, -0.05) is 103 Å². The van der Waals surface area contributed by atoms with E-state index in [4.69, 9.17) is 4.55 Å². The molecule has 0 spiro atoms. The van der Waals surface area contributed by atoms with Gasteiger partial charge in [0.2, 0.25) is 0 Å². The number of rotatable bonds is 4. The van der Waals surface area contributed by atoms with Gasteiger partial charge in [-0.25, -0.2) is 0 Å². The molecule has 0 saturated heterocycles. The van der Waals surface area contributed by atoms with Crippen LogP contribution < -0.4 is 15.9 Å². The first-order chi connectivity index (χ1) is 12.0. The topological polar surface area (TPSA) is 54.4 Å². The second-order valence-corrected chi connectivity index (χ2v) is 11.1. The Hall–Kier alpha value is -1.30. The normalized spacial score (nSPS) is 10.8. The molecule has 1 N–H and O–H groups in total.